The molecule has 4 atom stereocenters. The van der Waals surface area contributed by atoms with E-state index in [1.54, 1.807) is 21.4 Å². The summed E-state index contributed by atoms with van der Waals surface area (Å²) in [6.45, 7) is 12.0. The maximum atomic E-state index is 12.8. The number of ether oxygens (including phenoxy) is 2. The molecule has 0 saturated carbocycles. The fourth-order valence-corrected chi connectivity index (χ4v) is 9.41. The fourth-order valence-electron chi connectivity index (χ4n) is 9.41. The van der Waals surface area contributed by atoms with Crippen LogP contribution in [0.4, 0.5) is 11.4 Å². The number of carbonyl (C=O) groups excluding carboxylic acids is 1. The van der Waals surface area contributed by atoms with Gasteiger partial charge >= 0.3 is 0 Å². The number of nitrogens with one attached hydrogen (secondary N) is 3. The molecule has 65 heavy (non-hydrogen) atoms. The largest absolute Gasteiger partial charge is 0.381 e. The van der Waals surface area contributed by atoms with E-state index in [0.29, 0.717) is 28.8 Å². The number of H-pyrrole nitrogens is 2. The van der Waals surface area contributed by atoms with Gasteiger partial charge in [-0.15, -0.1) is 0 Å². The van der Waals surface area contributed by atoms with E-state index in [9.17, 15) is 14.4 Å². The minimum absolute atomic E-state index is 0.102. The first-order valence-corrected chi connectivity index (χ1v) is 23.0. The zero-order valence-corrected chi connectivity index (χ0v) is 38.6. The maximum Gasteiger partial charge on any atom is 0.276 e. The topological polar surface area (TPSA) is 183 Å². The molecule has 0 radical (unpaired) electrons. The normalized spacial score (nSPS) is 21.8. The number of fused-ring (bicyclic) bond motifs is 2. The van der Waals surface area contributed by atoms with E-state index in [-0.39, 0.29) is 28.9 Å². The summed E-state index contributed by atoms with van der Waals surface area (Å²) < 4.78 is 14.5. The Balaban J connectivity index is 0.000000150. The Morgan fingerprint density at radius 3 is 1.62 bits per heavy atom. The zero-order valence-electron chi connectivity index (χ0n) is 38.6. The van der Waals surface area contributed by atoms with Gasteiger partial charge in [0.1, 0.15) is 29.6 Å². The van der Waals surface area contributed by atoms with Crippen molar-refractivity contribution in [3.05, 3.63) is 116 Å². The van der Waals surface area contributed by atoms with E-state index in [0.717, 1.165) is 126 Å². The highest BCUT2D eigenvalue weighted by Gasteiger charge is 2.34. The van der Waals surface area contributed by atoms with E-state index in [4.69, 9.17) is 19.7 Å². The molecule has 0 bridgehead atoms. The summed E-state index contributed by atoms with van der Waals surface area (Å²) in [4.78, 5) is 57.1. The van der Waals surface area contributed by atoms with Crippen LogP contribution in [-0.4, -0.2) is 131 Å². The first kappa shape index (κ1) is 45.8. The second-order valence-corrected chi connectivity index (χ2v) is 18.5. The molecular weight excluding hydrogens is 825 g/mol. The highest BCUT2D eigenvalue weighted by molar-refractivity contribution is 5.75. The molecule has 0 amide bonds. The van der Waals surface area contributed by atoms with E-state index in [2.05, 4.69) is 87.3 Å². The van der Waals surface area contributed by atoms with Crippen molar-refractivity contribution in [1.82, 2.24) is 49.4 Å². The molecule has 17 nitrogen and oxygen atoms in total. The third-order valence-corrected chi connectivity index (χ3v) is 13.4. The fraction of sp³-hybridized carbons (Fsp3) is 0.521. The van der Waals surface area contributed by atoms with Crippen molar-refractivity contribution in [3.63, 3.8) is 0 Å². The van der Waals surface area contributed by atoms with Gasteiger partial charge in [-0.05, 0) is 86.0 Å². The zero-order chi connectivity index (χ0) is 45.6. The van der Waals surface area contributed by atoms with Gasteiger partial charge in [0.05, 0.1) is 12.4 Å². The average molecular weight is 889 g/mol. The van der Waals surface area contributed by atoms with Crippen molar-refractivity contribution in [2.24, 2.45) is 11.8 Å². The number of imidazole rings is 2. The molecule has 4 aliphatic rings. The predicted molar refractivity (Wildman–Crippen MR) is 252 cm³/mol. The molecule has 3 N–H and O–H groups in total. The second-order valence-electron chi connectivity index (χ2n) is 18.5. The molecular formula is C48H64N12O5. The number of hydrogen-bond acceptors (Lipinski definition) is 13. The van der Waals surface area contributed by atoms with Gasteiger partial charge in [-0.25, -0.2) is 19.0 Å². The molecule has 4 aliphatic heterocycles. The number of anilines is 2. The number of rotatable bonds is 9. The van der Waals surface area contributed by atoms with Crippen molar-refractivity contribution >= 4 is 28.7 Å². The monoisotopic (exact) mass is 889 g/mol. The van der Waals surface area contributed by atoms with Gasteiger partial charge in [-0.1, -0.05) is 26.0 Å². The van der Waals surface area contributed by atoms with E-state index in [1.165, 1.54) is 11.3 Å². The quantitative estimate of drug-likeness (QED) is 0.168. The molecule has 4 saturated heterocycles. The highest BCUT2D eigenvalue weighted by atomic mass is 16.5. The van der Waals surface area contributed by atoms with Gasteiger partial charge in [-0.2, -0.15) is 10.2 Å². The highest BCUT2D eigenvalue weighted by Crippen LogP contribution is 2.32. The first-order chi connectivity index (χ1) is 31.5. The number of benzene rings is 2. The summed E-state index contributed by atoms with van der Waals surface area (Å²) in [6, 6.07) is 16.2. The maximum absolute atomic E-state index is 12.8. The lowest BCUT2D eigenvalue weighted by Crippen LogP contribution is -2.24. The van der Waals surface area contributed by atoms with Crippen LogP contribution in [0.15, 0.2) is 70.5 Å². The van der Waals surface area contributed by atoms with Crippen LogP contribution in [0.5, 0.6) is 0 Å². The smallest absolute Gasteiger partial charge is 0.276 e. The number of hydrogen-bond donors (Lipinski definition) is 3. The molecule has 8 heterocycles. The Bertz CT molecular complexity index is 2620. The van der Waals surface area contributed by atoms with Gasteiger partial charge < -0.3 is 34.6 Å². The summed E-state index contributed by atoms with van der Waals surface area (Å²) in [6.07, 6.45) is 7.85. The third-order valence-electron chi connectivity index (χ3n) is 13.4. The molecule has 0 spiro atoms. The first-order valence-electron chi connectivity index (χ1n) is 23.0. The average Bonchev–Trinajstić information content (AvgIpc) is 4.14. The molecule has 0 aliphatic carbocycles. The molecule has 17 heteroatoms. The number of aromatic nitrogens is 8. The Hall–Kier alpha value is -5.75. The van der Waals surface area contributed by atoms with Crippen molar-refractivity contribution in [3.8, 4) is 0 Å². The number of aldehydes is 1. The van der Waals surface area contributed by atoms with Gasteiger partial charge in [0, 0.05) is 121 Å². The summed E-state index contributed by atoms with van der Waals surface area (Å²) in [5.74, 6) is 5.24. The SMILES string of the molecule is CC1CNCC1c1nn2c(C3CCOCC3)ncc2c(=O)[nH]1.CN(C)c1ccc(C=O)cc1.C[C@@H]1CN(Cc2ccc(N(C)C)cc2)CC1c1nn2c(C3CCOCC3)ncc2c(=O)[nH]1. The second kappa shape index (κ2) is 20.6. The molecule has 6 aromatic rings. The lowest BCUT2D eigenvalue weighted by Gasteiger charge is -2.21. The lowest BCUT2D eigenvalue weighted by atomic mass is 9.97. The Kier molecular flexibility index (Phi) is 14.5. The van der Waals surface area contributed by atoms with E-state index in [1.807, 2.05) is 43.3 Å². The van der Waals surface area contributed by atoms with Crippen molar-refractivity contribution in [1.29, 1.82) is 0 Å². The standard InChI is InChI=1S/C24H32N6O2.C15H21N5O2.C9H11NO/c1-16-13-29(14-17-4-6-19(7-5-17)28(2)3)15-20(16)22-26-24(31)21-12-25-23(30(21)27-22)18-8-10-32-11-9-18;1-9-6-16-7-11(9)13-18-15(21)12-8-17-14(20(12)19-13)10-2-4-22-5-3-10;1-10(2)9-5-3-8(7-11)4-6-9/h4-7,12,16,18,20H,8-11,13-15H2,1-3H3,(H,26,27,31);8-11,16H,2-7H2,1H3,(H,18,19,21);3-7H,1-2H3/t16-,20?;;/m1../s1. The van der Waals surface area contributed by atoms with Crippen LogP contribution in [0.25, 0.3) is 11.0 Å². The Morgan fingerprint density at radius 2 is 1.15 bits per heavy atom. The Morgan fingerprint density at radius 1 is 0.662 bits per heavy atom. The number of nitrogens with zero attached hydrogens (tertiary/aromatic N) is 9. The summed E-state index contributed by atoms with van der Waals surface area (Å²) in [5, 5.41) is 13.0. The number of aromatic amines is 2. The van der Waals surface area contributed by atoms with Gasteiger partial charge in [0.25, 0.3) is 11.1 Å². The Labute approximate surface area is 379 Å². The minimum atomic E-state index is -0.106. The van der Waals surface area contributed by atoms with Crippen molar-refractivity contribution in [2.45, 2.75) is 69.7 Å². The number of likely N-dealkylation sites (tertiary alicyclic amines) is 1. The van der Waals surface area contributed by atoms with Gasteiger partial charge in [0.2, 0.25) is 0 Å². The number of carbonyl (C=O) groups is 1. The molecule has 2 aromatic carbocycles. The molecule has 3 unspecified atom stereocenters. The molecule has 4 fully saturated rings. The summed E-state index contributed by atoms with van der Waals surface area (Å²) in [5.41, 5.74) is 5.18. The van der Waals surface area contributed by atoms with Crippen LogP contribution >= 0.6 is 0 Å². The van der Waals surface area contributed by atoms with Crippen LogP contribution < -0.4 is 26.2 Å². The molecule has 346 valence electrons. The van der Waals surface area contributed by atoms with Crippen LogP contribution in [0.2, 0.25) is 0 Å². The van der Waals surface area contributed by atoms with E-state index < -0.39 is 0 Å². The minimum Gasteiger partial charge on any atom is -0.381 e. The van der Waals surface area contributed by atoms with Crippen LogP contribution in [0, 0.1) is 11.8 Å². The van der Waals surface area contributed by atoms with Crippen LogP contribution in [-0.2, 0) is 16.0 Å². The molecule has 10 rings (SSSR count). The van der Waals surface area contributed by atoms with Crippen LogP contribution in [0.3, 0.4) is 0 Å². The van der Waals surface area contributed by atoms with Crippen molar-refractivity contribution < 1.29 is 14.3 Å². The van der Waals surface area contributed by atoms with Crippen LogP contribution in [0.1, 0.15) is 102 Å². The van der Waals surface area contributed by atoms with Gasteiger partial charge in [0.15, 0.2) is 11.0 Å². The summed E-state index contributed by atoms with van der Waals surface area (Å²) >= 11 is 0. The van der Waals surface area contributed by atoms with E-state index >= 15 is 0 Å². The van der Waals surface area contributed by atoms with Gasteiger partial charge in [-0.3, -0.25) is 19.3 Å². The van der Waals surface area contributed by atoms with Crippen molar-refractivity contribution in [2.75, 3.05) is 90.6 Å². The predicted octanol–water partition coefficient (Wildman–Crippen LogP) is 4.81. The third kappa shape index (κ3) is 10.5. The summed E-state index contributed by atoms with van der Waals surface area (Å²) in [7, 11) is 8.05. The molecule has 4 aromatic heterocycles. The lowest BCUT2D eigenvalue weighted by molar-refractivity contribution is 0.0831.